The summed E-state index contributed by atoms with van der Waals surface area (Å²) < 4.78 is 1.06. The van der Waals surface area contributed by atoms with E-state index in [9.17, 15) is 4.79 Å². The Kier molecular flexibility index (Phi) is 4.23. The summed E-state index contributed by atoms with van der Waals surface area (Å²) in [4.78, 5) is 14.9. The molecule has 0 fully saturated rings. The number of fused-ring (bicyclic) bond motifs is 1. The molecule has 2 aromatic rings. The van der Waals surface area contributed by atoms with Crippen molar-refractivity contribution in [2.45, 2.75) is 12.5 Å². The highest BCUT2D eigenvalue weighted by Gasteiger charge is 2.14. The Hall–Kier alpha value is -1.17. The second-order valence-corrected chi connectivity index (χ2v) is 4.34. The third kappa shape index (κ3) is 2.69. The molecule has 3 N–H and O–H groups in total. The lowest BCUT2D eigenvalue weighted by atomic mass is 10.2. The number of aliphatic carboxylic acids is 1. The highest BCUT2D eigenvalue weighted by Crippen LogP contribution is 2.22. The fourth-order valence-electron chi connectivity index (χ4n) is 1.28. The number of hydrogen-bond donors (Lipinski definition) is 2. The highest BCUT2D eigenvalue weighted by molar-refractivity contribution is 7.18. The van der Waals surface area contributed by atoms with Gasteiger partial charge in [0.05, 0.1) is 15.2 Å². The van der Waals surface area contributed by atoms with Crippen LogP contribution >= 0.6 is 23.7 Å². The molecule has 1 atom stereocenters. The zero-order chi connectivity index (χ0) is 10.8. The molecule has 6 heteroatoms. The van der Waals surface area contributed by atoms with Gasteiger partial charge in [-0.2, -0.15) is 0 Å². The minimum absolute atomic E-state index is 0. The number of carboxylic acids is 1. The largest absolute Gasteiger partial charge is 0.480 e. The van der Waals surface area contributed by atoms with Gasteiger partial charge in [-0.05, 0) is 12.1 Å². The Labute approximate surface area is 103 Å². The highest BCUT2D eigenvalue weighted by atomic mass is 35.5. The molecule has 0 amide bonds. The van der Waals surface area contributed by atoms with E-state index in [1.165, 1.54) is 11.3 Å². The lowest BCUT2D eigenvalue weighted by molar-refractivity contribution is -0.138. The SMILES string of the molecule is Cl.N[C@@H](Cc1nc2ccccc2s1)C(=O)O. The first-order valence-corrected chi connectivity index (χ1v) is 5.31. The van der Waals surface area contributed by atoms with Gasteiger partial charge in [0.15, 0.2) is 0 Å². The van der Waals surface area contributed by atoms with Crippen LogP contribution in [0.15, 0.2) is 24.3 Å². The van der Waals surface area contributed by atoms with E-state index in [-0.39, 0.29) is 18.8 Å². The van der Waals surface area contributed by atoms with E-state index in [0.29, 0.717) is 0 Å². The summed E-state index contributed by atoms with van der Waals surface area (Å²) in [7, 11) is 0. The van der Waals surface area contributed by atoms with Gasteiger partial charge in [-0.25, -0.2) is 4.98 Å². The second-order valence-electron chi connectivity index (χ2n) is 3.22. The number of para-hydroxylation sites is 1. The number of carboxylic acid groups (broad SMARTS) is 1. The number of rotatable bonds is 3. The fraction of sp³-hybridized carbons (Fsp3) is 0.200. The van der Waals surface area contributed by atoms with Crippen LogP contribution in [0.5, 0.6) is 0 Å². The number of thiazole rings is 1. The van der Waals surface area contributed by atoms with E-state index in [0.717, 1.165) is 15.2 Å². The summed E-state index contributed by atoms with van der Waals surface area (Å²) >= 11 is 1.49. The first kappa shape index (κ1) is 12.9. The quantitative estimate of drug-likeness (QED) is 0.878. The maximum Gasteiger partial charge on any atom is 0.320 e. The lowest BCUT2D eigenvalue weighted by Gasteiger charge is -2.01. The molecule has 1 heterocycles. The molecule has 1 aromatic carbocycles. The van der Waals surface area contributed by atoms with E-state index < -0.39 is 12.0 Å². The van der Waals surface area contributed by atoms with Gasteiger partial charge in [-0.15, -0.1) is 23.7 Å². The average molecular weight is 259 g/mol. The molecular formula is C10H11ClN2O2S. The van der Waals surface area contributed by atoms with Gasteiger partial charge in [0, 0.05) is 6.42 Å². The van der Waals surface area contributed by atoms with Gasteiger partial charge >= 0.3 is 5.97 Å². The molecule has 16 heavy (non-hydrogen) atoms. The minimum Gasteiger partial charge on any atom is -0.480 e. The van der Waals surface area contributed by atoms with E-state index in [1.807, 2.05) is 24.3 Å². The second kappa shape index (κ2) is 5.25. The smallest absolute Gasteiger partial charge is 0.320 e. The van der Waals surface area contributed by atoms with Crippen molar-refractivity contribution in [2.75, 3.05) is 0 Å². The van der Waals surface area contributed by atoms with Crippen molar-refractivity contribution in [1.29, 1.82) is 0 Å². The predicted molar refractivity (Wildman–Crippen MR) is 66.2 cm³/mol. The standard InChI is InChI=1S/C10H10N2O2S.ClH/c11-6(10(13)14)5-9-12-7-3-1-2-4-8(7)15-9;/h1-4,6H,5,11H2,(H,13,14);1H/t6-;/m0./s1. The number of halogens is 1. The van der Waals surface area contributed by atoms with Crippen LogP contribution in [0.25, 0.3) is 10.2 Å². The van der Waals surface area contributed by atoms with Gasteiger partial charge in [0.25, 0.3) is 0 Å². The molecule has 0 saturated heterocycles. The predicted octanol–water partition coefficient (Wildman–Crippen LogP) is 1.67. The Morgan fingerprint density at radius 2 is 2.19 bits per heavy atom. The molecule has 86 valence electrons. The van der Waals surface area contributed by atoms with Crippen molar-refractivity contribution in [1.82, 2.24) is 4.98 Å². The van der Waals surface area contributed by atoms with E-state index >= 15 is 0 Å². The molecule has 0 radical (unpaired) electrons. The van der Waals surface area contributed by atoms with Crippen LogP contribution in [0.1, 0.15) is 5.01 Å². The monoisotopic (exact) mass is 258 g/mol. The third-order valence-electron chi connectivity index (χ3n) is 2.05. The first-order valence-electron chi connectivity index (χ1n) is 4.49. The summed E-state index contributed by atoms with van der Waals surface area (Å²) in [5.74, 6) is -0.991. The maximum atomic E-state index is 10.6. The molecule has 0 aliphatic heterocycles. The zero-order valence-corrected chi connectivity index (χ0v) is 9.92. The van der Waals surface area contributed by atoms with E-state index in [4.69, 9.17) is 10.8 Å². The number of aromatic nitrogens is 1. The molecule has 0 bridgehead atoms. The molecule has 1 aromatic heterocycles. The Morgan fingerprint density at radius 3 is 2.81 bits per heavy atom. The van der Waals surface area contributed by atoms with E-state index in [1.54, 1.807) is 0 Å². The number of nitrogens with zero attached hydrogens (tertiary/aromatic N) is 1. The molecule has 0 saturated carbocycles. The van der Waals surface area contributed by atoms with Crippen LogP contribution < -0.4 is 5.73 Å². The van der Waals surface area contributed by atoms with Crippen molar-refractivity contribution in [3.63, 3.8) is 0 Å². The zero-order valence-electron chi connectivity index (χ0n) is 8.29. The summed E-state index contributed by atoms with van der Waals surface area (Å²) in [5, 5.41) is 9.44. The molecule has 0 aliphatic carbocycles. The molecular weight excluding hydrogens is 248 g/mol. The van der Waals surface area contributed by atoms with Crippen LogP contribution in [0.4, 0.5) is 0 Å². The van der Waals surface area contributed by atoms with Crippen molar-refractivity contribution >= 4 is 39.9 Å². The Bertz CT molecular complexity index is 467. The Balaban J connectivity index is 0.00000128. The number of carbonyl (C=O) groups is 1. The van der Waals surface area contributed by atoms with E-state index in [2.05, 4.69) is 4.98 Å². The molecule has 0 unspecified atom stereocenters. The summed E-state index contributed by atoms with van der Waals surface area (Å²) in [6.07, 6.45) is 0.286. The third-order valence-corrected chi connectivity index (χ3v) is 3.11. The van der Waals surface area contributed by atoms with Crippen LogP contribution in [0.2, 0.25) is 0 Å². The average Bonchev–Trinajstić information content (AvgIpc) is 2.59. The molecule has 4 nitrogen and oxygen atoms in total. The minimum atomic E-state index is -0.991. The van der Waals surface area contributed by atoms with Gasteiger partial charge in [-0.3, -0.25) is 4.79 Å². The first-order chi connectivity index (χ1) is 7.16. The summed E-state index contributed by atoms with van der Waals surface area (Å²) in [6.45, 7) is 0. The van der Waals surface area contributed by atoms with Crippen molar-refractivity contribution in [3.8, 4) is 0 Å². The summed E-state index contributed by atoms with van der Waals surface area (Å²) in [5.41, 5.74) is 6.34. The lowest BCUT2D eigenvalue weighted by Crippen LogP contribution is -2.32. The fourth-order valence-corrected chi connectivity index (χ4v) is 2.31. The van der Waals surface area contributed by atoms with Crippen LogP contribution in [-0.4, -0.2) is 22.1 Å². The van der Waals surface area contributed by atoms with Crippen LogP contribution in [0.3, 0.4) is 0 Å². The normalized spacial score (nSPS) is 12.1. The van der Waals surface area contributed by atoms with Crippen molar-refractivity contribution in [2.24, 2.45) is 5.73 Å². The van der Waals surface area contributed by atoms with Crippen molar-refractivity contribution < 1.29 is 9.90 Å². The van der Waals surface area contributed by atoms with Gasteiger partial charge in [-0.1, -0.05) is 12.1 Å². The Morgan fingerprint density at radius 1 is 1.50 bits per heavy atom. The van der Waals surface area contributed by atoms with Gasteiger partial charge < -0.3 is 10.8 Å². The summed E-state index contributed by atoms with van der Waals surface area (Å²) in [6, 6.07) is 6.83. The molecule has 0 aliphatic rings. The molecule has 2 rings (SSSR count). The van der Waals surface area contributed by atoms with Crippen LogP contribution in [-0.2, 0) is 11.2 Å². The van der Waals surface area contributed by atoms with Gasteiger partial charge in [0.1, 0.15) is 6.04 Å². The maximum absolute atomic E-state index is 10.6. The van der Waals surface area contributed by atoms with Crippen molar-refractivity contribution in [3.05, 3.63) is 29.3 Å². The molecule has 0 spiro atoms. The van der Waals surface area contributed by atoms with Crippen LogP contribution in [0, 0.1) is 0 Å². The number of hydrogen-bond acceptors (Lipinski definition) is 4. The van der Waals surface area contributed by atoms with Gasteiger partial charge in [0.2, 0.25) is 0 Å². The number of nitrogens with two attached hydrogens (primary N) is 1. The number of benzene rings is 1. The topological polar surface area (TPSA) is 76.2 Å².